The molecule has 3 aromatic rings. The molecule has 5 atom stereocenters. The van der Waals surface area contributed by atoms with E-state index in [0.717, 1.165) is 43.5 Å². The fourth-order valence-corrected chi connectivity index (χ4v) is 7.56. The van der Waals surface area contributed by atoms with Gasteiger partial charge in [0.25, 0.3) is 11.8 Å². The number of phenolic OH excluding ortho intramolecular Hbond substituents is 2. The Balaban J connectivity index is 1.41. The van der Waals surface area contributed by atoms with Crippen molar-refractivity contribution in [3.63, 3.8) is 0 Å². The van der Waals surface area contributed by atoms with Crippen LogP contribution in [0.3, 0.4) is 0 Å². The van der Waals surface area contributed by atoms with Crippen molar-refractivity contribution in [1.29, 1.82) is 0 Å². The average molecular weight is 858 g/mol. The summed E-state index contributed by atoms with van der Waals surface area (Å²) in [6, 6.07) is 16.2. The molecule has 2 aliphatic heterocycles. The number of methoxy groups -OCH3 is 2. The van der Waals surface area contributed by atoms with Crippen molar-refractivity contribution in [2.24, 2.45) is 11.7 Å². The number of anilines is 3. The van der Waals surface area contributed by atoms with Crippen molar-refractivity contribution >= 4 is 52.6 Å². The summed E-state index contributed by atoms with van der Waals surface area (Å²) in [7, 11) is 2.88. The maximum absolute atomic E-state index is 13.7. The number of ether oxygens (including phenoxy) is 3. The number of nitrogens with two attached hydrogens (primary N) is 1. The number of carbonyl (C=O) groups excluding carboxylic acids is 3. The molecular formula is C46H56ClN5O9. The minimum Gasteiger partial charge on any atom is -0.506 e. The zero-order valence-electron chi connectivity index (χ0n) is 35.4. The van der Waals surface area contributed by atoms with Gasteiger partial charge in [0.15, 0.2) is 6.10 Å². The summed E-state index contributed by atoms with van der Waals surface area (Å²) in [5, 5.41) is 40.6. The van der Waals surface area contributed by atoms with Gasteiger partial charge >= 0.3 is 6.09 Å². The third-order valence-electron chi connectivity index (χ3n) is 10.9. The first kappa shape index (κ1) is 46.4. The largest absolute Gasteiger partial charge is 0.506 e. The number of primary amides is 1. The number of rotatable bonds is 8. The molecule has 326 valence electrons. The molecule has 0 aliphatic carbocycles. The SMILES string of the molecule is CO[C@H]1C=CC=C(C)C(=O)Nc2cc(O)c(NC(=O)c3ccc(CN4CCN(c5ccc(Cl)cc5)CC4)cc3)c(c2O)C=C(C)C[C@H](OC)[C@H](O)[C@@H](C)C=C(C)[C@@H]1OC(N)=O. The molecule has 0 aromatic heterocycles. The highest BCUT2D eigenvalue weighted by molar-refractivity contribution is 6.30. The van der Waals surface area contributed by atoms with Crippen LogP contribution in [0.25, 0.3) is 6.08 Å². The van der Waals surface area contributed by atoms with Gasteiger partial charge in [-0.3, -0.25) is 14.5 Å². The zero-order chi connectivity index (χ0) is 44.4. The van der Waals surface area contributed by atoms with Crippen LogP contribution in [0.5, 0.6) is 11.5 Å². The Labute approximate surface area is 361 Å². The van der Waals surface area contributed by atoms with Crippen LogP contribution in [0.4, 0.5) is 21.9 Å². The van der Waals surface area contributed by atoms with Gasteiger partial charge in [0, 0.05) is 86.3 Å². The van der Waals surface area contributed by atoms with Gasteiger partial charge in [-0.15, -0.1) is 0 Å². The minimum atomic E-state index is -1.06. The predicted molar refractivity (Wildman–Crippen MR) is 238 cm³/mol. The third-order valence-corrected chi connectivity index (χ3v) is 11.2. The molecule has 2 bridgehead atoms. The van der Waals surface area contributed by atoms with Crippen LogP contribution in [0.1, 0.15) is 55.6 Å². The third kappa shape index (κ3) is 12.2. The number of amides is 3. The number of allylic oxidation sites excluding steroid dienone is 2. The maximum atomic E-state index is 13.7. The molecule has 3 aromatic carbocycles. The van der Waals surface area contributed by atoms with Crippen molar-refractivity contribution in [2.75, 3.05) is 55.9 Å². The van der Waals surface area contributed by atoms with Crippen LogP contribution < -0.4 is 21.3 Å². The topological polar surface area (TPSA) is 196 Å². The Morgan fingerprint density at radius 3 is 2.28 bits per heavy atom. The molecule has 0 unspecified atom stereocenters. The number of piperazine rings is 1. The molecule has 1 saturated heterocycles. The van der Waals surface area contributed by atoms with E-state index in [1.807, 2.05) is 36.4 Å². The van der Waals surface area contributed by atoms with Gasteiger partial charge in [0.1, 0.15) is 17.6 Å². The summed E-state index contributed by atoms with van der Waals surface area (Å²) in [6.07, 6.45) is 3.46. The number of halogens is 1. The Bertz CT molecular complexity index is 2160. The molecule has 0 radical (unpaired) electrons. The number of nitrogens with zero attached hydrogens (tertiary/aromatic N) is 2. The Kier molecular flexibility index (Phi) is 16.2. The fraction of sp³-hybridized carbons (Fsp3) is 0.370. The van der Waals surface area contributed by atoms with Crippen molar-refractivity contribution in [2.45, 2.75) is 65.1 Å². The molecule has 14 nitrogen and oxygen atoms in total. The van der Waals surface area contributed by atoms with Crippen LogP contribution in [-0.2, 0) is 25.5 Å². The van der Waals surface area contributed by atoms with Crippen molar-refractivity contribution in [3.05, 3.63) is 117 Å². The first-order chi connectivity index (χ1) is 29.1. The van der Waals surface area contributed by atoms with E-state index in [1.54, 1.807) is 64.1 Å². The van der Waals surface area contributed by atoms with Crippen LogP contribution in [-0.4, -0.2) is 103 Å². The van der Waals surface area contributed by atoms with Gasteiger partial charge in [0.05, 0.1) is 23.6 Å². The predicted octanol–water partition coefficient (Wildman–Crippen LogP) is 7.01. The first-order valence-corrected chi connectivity index (χ1v) is 20.4. The van der Waals surface area contributed by atoms with Crippen LogP contribution in [0.15, 0.2) is 95.6 Å². The second kappa shape index (κ2) is 21.2. The number of fused-ring (bicyclic) bond motifs is 2. The quantitative estimate of drug-likeness (QED) is 0.0775. The first-order valence-electron chi connectivity index (χ1n) is 20.0. The molecule has 2 heterocycles. The van der Waals surface area contributed by atoms with Gasteiger partial charge in [-0.2, -0.15) is 0 Å². The second-order valence-electron chi connectivity index (χ2n) is 15.4. The summed E-state index contributed by atoms with van der Waals surface area (Å²) in [6.45, 7) is 11.0. The van der Waals surface area contributed by atoms with E-state index in [4.69, 9.17) is 31.5 Å². The van der Waals surface area contributed by atoms with E-state index in [2.05, 4.69) is 20.4 Å². The average Bonchev–Trinajstić information content (AvgIpc) is 3.23. The number of hydrogen-bond acceptors (Lipinski definition) is 11. The molecule has 7 N–H and O–H groups in total. The summed E-state index contributed by atoms with van der Waals surface area (Å²) < 4.78 is 16.8. The van der Waals surface area contributed by atoms with Crippen molar-refractivity contribution < 1.29 is 43.9 Å². The minimum absolute atomic E-state index is 0.0254. The molecule has 2 aliphatic rings. The van der Waals surface area contributed by atoms with Crippen molar-refractivity contribution in [3.8, 4) is 11.5 Å². The molecule has 0 spiro atoms. The summed E-state index contributed by atoms with van der Waals surface area (Å²) >= 11 is 6.06. The number of nitrogens with one attached hydrogen (secondary N) is 2. The lowest BCUT2D eigenvalue weighted by Crippen LogP contribution is -2.45. The van der Waals surface area contributed by atoms with E-state index in [-0.39, 0.29) is 28.9 Å². The number of phenols is 2. The monoisotopic (exact) mass is 857 g/mol. The summed E-state index contributed by atoms with van der Waals surface area (Å²) in [5.41, 5.74) is 9.09. The normalized spacial score (nSPS) is 22.1. The maximum Gasteiger partial charge on any atom is 0.405 e. The molecule has 5 rings (SSSR count). The van der Waals surface area contributed by atoms with Gasteiger partial charge < -0.3 is 50.8 Å². The highest BCUT2D eigenvalue weighted by atomic mass is 35.5. The Morgan fingerprint density at radius 1 is 0.984 bits per heavy atom. The summed E-state index contributed by atoms with van der Waals surface area (Å²) in [4.78, 5) is 43.7. The van der Waals surface area contributed by atoms with Gasteiger partial charge in [-0.1, -0.05) is 60.5 Å². The van der Waals surface area contributed by atoms with Crippen LogP contribution in [0.2, 0.25) is 5.02 Å². The van der Waals surface area contributed by atoms with Gasteiger partial charge in [0.2, 0.25) is 0 Å². The fourth-order valence-electron chi connectivity index (χ4n) is 7.43. The molecule has 0 saturated carbocycles. The van der Waals surface area contributed by atoms with E-state index in [9.17, 15) is 29.7 Å². The highest BCUT2D eigenvalue weighted by Gasteiger charge is 2.29. The molecular weight excluding hydrogens is 802 g/mol. The lowest BCUT2D eigenvalue weighted by atomic mass is 9.91. The molecule has 3 amide bonds. The zero-order valence-corrected chi connectivity index (χ0v) is 36.1. The number of aliphatic hydroxyl groups is 1. The Hall–Kier alpha value is -5.64. The Morgan fingerprint density at radius 2 is 1.66 bits per heavy atom. The number of aromatic hydroxyl groups is 2. The van der Waals surface area contributed by atoms with Crippen molar-refractivity contribution in [1.82, 2.24) is 4.90 Å². The number of hydrogen-bond donors (Lipinski definition) is 6. The second-order valence-corrected chi connectivity index (χ2v) is 15.9. The standard InChI is InChI=1S/C46H56ClN5O9/c1-27-22-35-40(50-45(57)32-12-10-31(11-13-32)26-51-18-20-52(21-19-51)34-16-14-33(47)15-17-34)37(53)25-36(42(35)55)49-44(56)28(2)8-7-9-38(59-5)43(61-46(48)58)30(4)24-29(3)41(54)39(23-27)60-6/h7-17,22,24-25,29,38-39,41,43,53-55H,18-21,23,26H2,1-6H3,(H2,48,58)(H,49,56)(H,50,57)/t29-,38-,39-,41+,43-/m0/s1. The molecule has 15 heteroatoms. The highest BCUT2D eigenvalue weighted by Crippen LogP contribution is 2.43. The lowest BCUT2D eigenvalue weighted by molar-refractivity contribution is -0.112. The smallest absolute Gasteiger partial charge is 0.405 e. The number of benzene rings is 3. The lowest BCUT2D eigenvalue weighted by Gasteiger charge is -2.36. The van der Waals surface area contributed by atoms with Crippen LogP contribution >= 0.6 is 11.6 Å². The van der Waals surface area contributed by atoms with E-state index < -0.39 is 59.7 Å². The number of carbonyl (C=O) groups is 3. The van der Waals surface area contributed by atoms with Gasteiger partial charge in [-0.25, -0.2) is 4.79 Å². The molecule has 61 heavy (non-hydrogen) atoms. The van der Waals surface area contributed by atoms with E-state index in [0.29, 0.717) is 28.3 Å². The summed E-state index contributed by atoms with van der Waals surface area (Å²) in [5.74, 6) is -2.48. The van der Waals surface area contributed by atoms with E-state index >= 15 is 0 Å². The van der Waals surface area contributed by atoms with Crippen LogP contribution in [0, 0.1) is 5.92 Å². The molecule has 1 fully saturated rings. The van der Waals surface area contributed by atoms with E-state index in [1.165, 1.54) is 20.3 Å². The number of aliphatic hydroxyl groups excluding tert-OH is 1. The van der Waals surface area contributed by atoms with Gasteiger partial charge in [-0.05, 0) is 80.8 Å².